The summed E-state index contributed by atoms with van der Waals surface area (Å²) in [6.07, 6.45) is 14.4. The van der Waals surface area contributed by atoms with Gasteiger partial charge < -0.3 is 4.74 Å². The third-order valence-electron chi connectivity index (χ3n) is 4.78. The first-order valence-corrected chi connectivity index (χ1v) is 9.88. The highest BCUT2D eigenvalue weighted by Gasteiger charge is 2.29. The van der Waals surface area contributed by atoms with Crippen molar-refractivity contribution in [3.63, 3.8) is 0 Å². The van der Waals surface area contributed by atoms with Gasteiger partial charge in [-0.15, -0.1) is 0 Å². The summed E-state index contributed by atoms with van der Waals surface area (Å²) in [6.45, 7) is 11.8. The Morgan fingerprint density at radius 3 is 1.74 bits per heavy atom. The molecule has 0 saturated carbocycles. The SMILES string of the molecule is CCCCCCCC(C)(C#[N+]CC(C)(C)OC)CCCCCC. The van der Waals surface area contributed by atoms with E-state index in [9.17, 15) is 0 Å². The van der Waals surface area contributed by atoms with Gasteiger partial charge in [-0.05, 0) is 33.6 Å². The Bertz CT molecular complexity index is 339. The Morgan fingerprint density at radius 2 is 1.26 bits per heavy atom. The molecule has 0 N–H and O–H groups in total. The van der Waals surface area contributed by atoms with Crippen molar-refractivity contribution in [2.45, 2.75) is 111 Å². The lowest BCUT2D eigenvalue weighted by Crippen LogP contribution is -2.25. The summed E-state index contributed by atoms with van der Waals surface area (Å²) < 4.78 is 5.46. The average molecular weight is 325 g/mol. The quantitative estimate of drug-likeness (QED) is 0.330. The van der Waals surface area contributed by atoms with Crippen LogP contribution in [0, 0.1) is 11.5 Å². The van der Waals surface area contributed by atoms with Gasteiger partial charge in [0.2, 0.25) is 0 Å². The van der Waals surface area contributed by atoms with Crippen LogP contribution in [-0.2, 0) is 4.74 Å². The van der Waals surface area contributed by atoms with E-state index in [1.807, 2.05) is 0 Å². The zero-order valence-electron chi connectivity index (χ0n) is 16.8. The van der Waals surface area contributed by atoms with Gasteiger partial charge in [0.15, 0.2) is 0 Å². The predicted octanol–water partition coefficient (Wildman–Crippen LogP) is 7.08. The van der Waals surface area contributed by atoms with Crippen LogP contribution in [0.25, 0.3) is 4.85 Å². The predicted molar refractivity (Wildman–Crippen MR) is 103 cm³/mol. The number of ether oxygens (including phenoxy) is 1. The molecule has 0 aromatic carbocycles. The first-order chi connectivity index (χ1) is 10.9. The lowest BCUT2D eigenvalue weighted by atomic mass is 9.81. The minimum atomic E-state index is -0.183. The molecule has 1 unspecified atom stereocenters. The van der Waals surface area contributed by atoms with Crippen LogP contribution < -0.4 is 0 Å². The van der Waals surface area contributed by atoms with Crippen molar-refractivity contribution in [2.24, 2.45) is 5.41 Å². The smallest absolute Gasteiger partial charge is 0.291 e. The van der Waals surface area contributed by atoms with Crippen LogP contribution in [0.2, 0.25) is 0 Å². The standard InChI is InChI=1S/C21H42NO/c1-7-9-11-13-15-17-21(5,16-14-12-10-8-2)19-22-18-20(3,4)23-6/h7-18H2,1-6H3/q+1. The van der Waals surface area contributed by atoms with Gasteiger partial charge in [-0.25, -0.2) is 0 Å². The first-order valence-electron chi connectivity index (χ1n) is 9.88. The third-order valence-corrected chi connectivity index (χ3v) is 4.78. The van der Waals surface area contributed by atoms with Crippen LogP contribution in [0.1, 0.15) is 105 Å². The second-order valence-electron chi connectivity index (χ2n) is 7.93. The van der Waals surface area contributed by atoms with E-state index < -0.39 is 0 Å². The molecule has 0 amide bonds. The molecule has 23 heavy (non-hydrogen) atoms. The maximum Gasteiger partial charge on any atom is 0.291 e. The van der Waals surface area contributed by atoms with E-state index in [2.05, 4.69) is 45.5 Å². The summed E-state index contributed by atoms with van der Waals surface area (Å²) in [5.74, 6) is 0. The third kappa shape index (κ3) is 12.5. The number of unbranched alkanes of at least 4 members (excludes halogenated alkanes) is 7. The van der Waals surface area contributed by atoms with E-state index in [1.54, 1.807) is 7.11 Å². The maximum absolute atomic E-state index is 5.46. The molecule has 0 saturated heterocycles. The van der Waals surface area contributed by atoms with Crippen molar-refractivity contribution >= 4 is 0 Å². The van der Waals surface area contributed by atoms with Gasteiger partial charge in [0.1, 0.15) is 11.0 Å². The molecule has 0 aromatic heterocycles. The van der Waals surface area contributed by atoms with Gasteiger partial charge in [-0.1, -0.05) is 76.5 Å². The molecule has 0 spiro atoms. The summed E-state index contributed by atoms with van der Waals surface area (Å²) in [5.41, 5.74) is -0.0407. The Kier molecular flexibility index (Phi) is 12.5. The average Bonchev–Trinajstić information content (AvgIpc) is 2.51. The lowest BCUT2D eigenvalue weighted by molar-refractivity contribution is 0.0371. The van der Waals surface area contributed by atoms with Crippen LogP contribution >= 0.6 is 0 Å². The Labute approximate surface area is 146 Å². The van der Waals surface area contributed by atoms with E-state index in [0.29, 0.717) is 6.54 Å². The summed E-state index contributed by atoms with van der Waals surface area (Å²) in [5, 5.41) is 0. The van der Waals surface area contributed by atoms with Crippen LogP contribution in [0.5, 0.6) is 0 Å². The van der Waals surface area contributed by atoms with Gasteiger partial charge in [0.25, 0.3) is 12.6 Å². The zero-order valence-corrected chi connectivity index (χ0v) is 16.8. The van der Waals surface area contributed by atoms with Crippen LogP contribution in [0.4, 0.5) is 0 Å². The second-order valence-corrected chi connectivity index (χ2v) is 7.93. The molecule has 2 nitrogen and oxygen atoms in total. The molecule has 0 bridgehead atoms. The zero-order chi connectivity index (χ0) is 17.6. The Hall–Kier alpha value is -0.550. The van der Waals surface area contributed by atoms with E-state index in [1.165, 1.54) is 70.6 Å². The number of nitrogens with zero attached hydrogens (tertiary/aromatic N) is 1. The molecule has 0 radical (unpaired) electrons. The van der Waals surface area contributed by atoms with Gasteiger partial charge >= 0.3 is 0 Å². The number of hydrogen-bond donors (Lipinski definition) is 0. The maximum atomic E-state index is 5.46. The number of hydrogen-bond acceptors (Lipinski definition) is 1. The topological polar surface area (TPSA) is 13.6 Å². The minimum Gasteiger partial charge on any atom is -0.371 e. The van der Waals surface area contributed by atoms with Crippen molar-refractivity contribution < 1.29 is 4.74 Å². The lowest BCUT2D eigenvalue weighted by Gasteiger charge is -2.19. The van der Waals surface area contributed by atoms with Crippen LogP contribution in [-0.4, -0.2) is 19.3 Å². The molecule has 2 heteroatoms. The van der Waals surface area contributed by atoms with Gasteiger partial charge in [-0.3, -0.25) is 0 Å². The Balaban J connectivity index is 4.49. The number of rotatable bonds is 13. The Morgan fingerprint density at radius 1 is 0.783 bits per heavy atom. The highest BCUT2D eigenvalue weighted by Crippen LogP contribution is 2.31. The summed E-state index contributed by atoms with van der Waals surface area (Å²) >= 11 is 0. The minimum absolute atomic E-state index is 0.143. The molecule has 0 aromatic rings. The highest BCUT2D eigenvalue weighted by molar-refractivity contribution is 5.04. The molecule has 0 fully saturated rings. The van der Waals surface area contributed by atoms with E-state index in [-0.39, 0.29) is 11.0 Å². The molecule has 136 valence electrons. The largest absolute Gasteiger partial charge is 0.371 e. The molecular formula is C21H42NO+. The van der Waals surface area contributed by atoms with Crippen molar-refractivity contribution in [3.05, 3.63) is 4.85 Å². The first kappa shape index (κ1) is 22.4. The van der Waals surface area contributed by atoms with Crippen molar-refractivity contribution in [2.75, 3.05) is 13.7 Å². The summed E-state index contributed by atoms with van der Waals surface area (Å²) in [6, 6.07) is 3.50. The molecule has 0 aliphatic rings. The molecule has 0 rings (SSSR count). The molecule has 0 aliphatic carbocycles. The van der Waals surface area contributed by atoms with Gasteiger partial charge in [0, 0.05) is 7.11 Å². The fraction of sp³-hybridized carbons (Fsp3) is 0.952. The molecule has 1 atom stereocenters. The summed E-state index contributed by atoms with van der Waals surface area (Å²) in [4.78, 5) is 4.62. The van der Waals surface area contributed by atoms with Gasteiger partial charge in [-0.2, -0.15) is 0 Å². The van der Waals surface area contributed by atoms with E-state index in [0.717, 1.165) is 0 Å². The molecule has 0 aliphatic heterocycles. The fourth-order valence-corrected chi connectivity index (χ4v) is 2.78. The second kappa shape index (κ2) is 12.8. The van der Waals surface area contributed by atoms with E-state index >= 15 is 0 Å². The van der Waals surface area contributed by atoms with Crippen LogP contribution in [0.15, 0.2) is 0 Å². The summed E-state index contributed by atoms with van der Waals surface area (Å²) in [7, 11) is 1.76. The van der Waals surface area contributed by atoms with Crippen LogP contribution in [0.3, 0.4) is 0 Å². The monoisotopic (exact) mass is 324 g/mol. The van der Waals surface area contributed by atoms with Crippen molar-refractivity contribution in [1.82, 2.24) is 0 Å². The number of methoxy groups -OCH3 is 1. The normalized spacial score (nSPS) is 14.2. The molecule has 0 heterocycles. The van der Waals surface area contributed by atoms with Gasteiger partial charge in [0.05, 0.1) is 0 Å². The molecular weight excluding hydrogens is 282 g/mol. The van der Waals surface area contributed by atoms with Crippen molar-refractivity contribution in [3.8, 4) is 6.07 Å². The highest BCUT2D eigenvalue weighted by atomic mass is 16.5. The van der Waals surface area contributed by atoms with Crippen molar-refractivity contribution in [1.29, 1.82) is 0 Å². The van der Waals surface area contributed by atoms with E-state index in [4.69, 9.17) is 4.74 Å². The fourth-order valence-electron chi connectivity index (χ4n) is 2.78.